The number of nitrogens with zero attached hydrogens (tertiary/aromatic N) is 5. The Hall–Kier alpha value is -3.03. The zero-order valence-corrected chi connectivity index (χ0v) is 17.3. The maximum Gasteiger partial charge on any atom is 0.235 e. The molecule has 30 heavy (non-hydrogen) atoms. The minimum absolute atomic E-state index is 0.642. The van der Waals surface area contributed by atoms with E-state index in [1.807, 2.05) is 34.8 Å². The summed E-state index contributed by atoms with van der Waals surface area (Å²) in [4.78, 5) is 3.35. The van der Waals surface area contributed by atoms with Crippen molar-refractivity contribution in [3.63, 3.8) is 0 Å². The van der Waals surface area contributed by atoms with E-state index in [0.29, 0.717) is 17.5 Å². The molecule has 0 saturated carbocycles. The second-order valence-corrected chi connectivity index (χ2v) is 8.85. The van der Waals surface area contributed by atoms with E-state index in [0.717, 1.165) is 47.0 Å². The van der Waals surface area contributed by atoms with Gasteiger partial charge in [0.15, 0.2) is 5.76 Å². The van der Waals surface area contributed by atoms with Crippen LogP contribution in [0, 0.1) is 0 Å². The zero-order valence-electron chi connectivity index (χ0n) is 16.4. The van der Waals surface area contributed by atoms with Crippen molar-refractivity contribution in [2.45, 2.75) is 18.8 Å². The van der Waals surface area contributed by atoms with Gasteiger partial charge in [0.2, 0.25) is 10.8 Å². The van der Waals surface area contributed by atoms with Gasteiger partial charge >= 0.3 is 0 Å². The Morgan fingerprint density at radius 3 is 2.80 bits per heavy atom. The first-order valence-corrected chi connectivity index (χ1v) is 11.1. The molecule has 0 unspecified atom stereocenters. The quantitative estimate of drug-likeness (QED) is 0.419. The van der Waals surface area contributed by atoms with Gasteiger partial charge in [0.1, 0.15) is 10.6 Å². The molecule has 4 heterocycles. The Kier molecular flexibility index (Phi) is 4.35. The molecular formula is C23H21N5OS. The van der Waals surface area contributed by atoms with E-state index in [1.54, 1.807) is 11.3 Å². The fraction of sp³-hybridized carbons (Fsp3) is 0.261. The SMILES string of the molecule is c1ccc([C@H]2CCN(CCc3nn4c(-c5cc6ccccc6o5)nnc4s3)C2)cc1. The first kappa shape index (κ1) is 17.8. The molecule has 0 amide bonds. The van der Waals surface area contributed by atoms with Crippen LogP contribution in [0.4, 0.5) is 0 Å². The van der Waals surface area contributed by atoms with Crippen molar-refractivity contribution in [2.75, 3.05) is 19.6 Å². The Morgan fingerprint density at radius 2 is 1.90 bits per heavy atom. The third-order valence-electron chi connectivity index (χ3n) is 5.86. The zero-order chi connectivity index (χ0) is 19.9. The third-order valence-corrected chi connectivity index (χ3v) is 6.82. The molecule has 1 aliphatic rings. The highest BCUT2D eigenvalue weighted by atomic mass is 32.1. The van der Waals surface area contributed by atoms with Crippen molar-refractivity contribution < 1.29 is 4.42 Å². The summed E-state index contributed by atoms with van der Waals surface area (Å²) in [5.74, 6) is 2.00. The highest BCUT2D eigenvalue weighted by molar-refractivity contribution is 7.16. The van der Waals surface area contributed by atoms with Crippen LogP contribution in [0.25, 0.3) is 27.5 Å². The number of aromatic nitrogens is 4. The molecule has 2 aromatic carbocycles. The molecule has 0 aliphatic carbocycles. The Labute approximate surface area is 177 Å². The van der Waals surface area contributed by atoms with Gasteiger partial charge in [-0.05, 0) is 36.6 Å². The van der Waals surface area contributed by atoms with Gasteiger partial charge in [-0.3, -0.25) is 0 Å². The topological polar surface area (TPSA) is 59.5 Å². The third kappa shape index (κ3) is 3.20. The number of benzene rings is 2. The van der Waals surface area contributed by atoms with E-state index in [4.69, 9.17) is 9.52 Å². The van der Waals surface area contributed by atoms with Gasteiger partial charge in [-0.2, -0.15) is 9.61 Å². The van der Waals surface area contributed by atoms with Crippen molar-refractivity contribution in [1.29, 1.82) is 0 Å². The monoisotopic (exact) mass is 415 g/mol. The molecular weight excluding hydrogens is 394 g/mol. The van der Waals surface area contributed by atoms with Crippen LogP contribution in [0.15, 0.2) is 65.1 Å². The molecule has 3 aromatic heterocycles. The maximum atomic E-state index is 5.96. The number of para-hydroxylation sites is 1. The molecule has 0 radical (unpaired) electrons. The van der Waals surface area contributed by atoms with Gasteiger partial charge in [-0.15, -0.1) is 10.2 Å². The fourth-order valence-corrected chi connectivity index (χ4v) is 5.11. The van der Waals surface area contributed by atoms with Crippen LogP contribution >= 0.6 is 11.3 Å². The molecule has 0 spiro atoms. The highest BCUT2D eigenvalue weighted by Crippen LogP contribution is 2.29. The van der Waals surface area contributed by atoms with Crippen molar-refractivity contribution in [3.05, 3.63) is 71.2 Å². The smallest absolute Gasteiger partial charge is 0.235 e. The Balaban J connectivity index is 1.17. The molecule has 5 aromatic rings. The lowest BCUT2D eigenvalue weighted by Crippen LogP contribution is -2.23. The van der Waals surface area contributed by atoms with Crippen molar-refractivity contribution in [2.24, 2.45) is 0 Å². The first-order chi connectivity index (χ1) is 14.8. The van der Waals surface area contributed by atoms with Crippen LogP contribution in [-0.2, 0) is 6.42 Å². The number of furan rings is 1. The summed E-state index contributed by atoms with van der Waals surface area (Å²) in [7, 11) is 0. The predicted molar refractivity (Wildman–Crippen MR) is 118 cm³/mol. The number of rotatable bonds is 5. The van der Waals surface area contributed by atoms with Crippen LogP contribution in [0.3, 0.4) is 0 Å². The van der Waals surface area contributed by atoms with Crippen molar-refractivity contribution >= 4 is 27.3 Å². The molecule has 7 heteroatoms. The number of hydrogen-bond donors (Lipinski definition) is 0. The fourth-order valence-electron chi connectivity index (χ4n) is 4.29. The molecule has 0 N–H and O–H groups in total. The molecule has 1 atom stereocenters. The molecule has 1 saturated heterocycles. The highest BCUT2D eigenvalue weighted by Gasteiger charge is 2.24. The Bertz CT molecular complexity index is 1270. The predicted octanol–water partition coefficient (Wildman–Crippen LogP) is 4.63. The van der Waals surface area contributed by atoms with Gasteiger partial charge in [-0.25, -0.2) is 0 Å². The lowest BCUT2D eigenvalue weighted by Gasteiger charge is -2.15. The summed E-state index contributed by atoms with van der Waals surface area (Å²) in [6, 6.07) is 20.8. The summed E-state index contributed by atoms with van der Waals surface area (Å²) in [5, 5.41) is 15.5. The first-order valence-electron chi connectivity index (χ1n) is 10.3. The lowest BCUT2D eigenvalue weighted by molar-refractivity contribution is 0.338. The van der Waals surface area contributed by atoms with Crippen molar-refractivity contribution in [1.82, 2.24) is 24.7 Å². The molecule has 150 valence electrons. The van der Waals surface area contributed by atoms with E-state index in [2.05, 4.69) is 45.4 Å². The normalized spacial score (nSPS) is 17.4. The van der Waals surface area contributed by atoms with Crippen LogP contribution in [0.5, 0.6) is 0 Å². The van der Waals surface area contributed by atoms with Crippen molar-refractivity contribution in [3.8, 4) is 11.6 Å². The van der Waals surface area contributed by atoms with E-state index in [1.165, 1.54) is 12.0 Å². The van der Waals surface area contributed by atoms with Crippen LogP contribution in [0.1, 0.15) is 22.9 Å². The van der Waals surface area contributed by atoms with E-state index in [-0.39, 0.29) is 0 Å². The van der Waals surface area contributed by atoms with Gasteiger partial charge < -0.3 is 9.32 Å². The minimum Gasteiger partial charge on any atom is -0.453 e. The number of likely N-dealkylation sites (tertiary alicyclic amines) is 1. The molecule has 1 aliphatic heterocycles. The molecule has 1 fully saturated rings. The summed E-state index contributed by atoms with van der Waals surface area (Å²) < 4.78 is 7.77. The summed E-state index contributed by atoms with van der Waals surface area (Å²) in [6.07, 6.45) is 2.15. The standard InChI is InChI=1S/C23H21N5OS/c1-2-6-16(7-3-1)18-10-12-27(15-18)13-11-21-26-28-22(24-25-23(28)30-21)20-14-17-8-4-5-9-19(17)29-20/h1-9,14,18H,10-13,15H2/t18-/m0/s1. The average Bonchev–Trinajstić information content (AvgIpc) is 3.55. The van der Waals surface area contributed by atoms with E-state index >= 15 is 0 Å². The van der Waals surface area contributed by atoms with Gasteiger partial charge in [-0.1, -0.05) is 59.9 Å². The molecule has 6 nitrogen and oxygen atoms in total. The lowest BCUT2D eigenvalue weighted by atomic mass is 9.99. The second kappa shape index (κ2) is 7.34. The number of fused-ring (bicyclic) bond motifs is 2. The summed E-state index contributed by atoms with van der Waals surface area (Å²) >= 11 is 1.61. The van der Waals surface area contributed by atoms with Gasteiger partial charge in [0, 0.05) is 24.9 Å². The molecule has 6 rings (SSSR count). The minimum atomic E-state index is 0.642. The maximum absolute atomic E-state index is 5.96. The molecule has 0 bridgehead atoms. The average molecular weight is 416 g/mol. The van der Waals surface area contributed by atoms with Gasteiger partial charge in [0.25, 0.3) is 0 Å². The van der Waals surface area contributed by atoms with E-state index < -0.39 is 0 Å². The second-order valence-electron chi connectivity index (χ2n) is 7.81. The Morgan fingerprint density at radius 1 is 1.03 bits per heavy atom. The van der Waals surface area contributed by atoms with Gasteiger partial charge in [0.05, 0.1) is 0 Å². The number of hydrogen-bond acceptors (Lipinski definition) is 6. The van der Waals surface area contributed by atoms with E-state index in [9.17, 15) is 0 Å². The largest absolute Gasteiger partial charge is 0.453 e. The van der Waals surface area contributed by atoms with Crippen LogP contribution in [0.2, 0.25) is 0 Å². The summed E-state index contributed by atoms with van der Waals surface area (Å²) in [6.45, 7) is 3.29. The van der Waals surface area contributed by atoms with Crippen LogP contribution < -0.4 is 0 Å². The summed E-state index contributed by atoms with van der Waals surface area (Å²) in [5.41, 5.74) is 2.30. The van der Waals surface area contributed by atoms with Crippen LogP contribution in [-0.4, -0.2) is 44.3 Å².